The first-order chi connectivity index (χ1) is 29.9. The van der Waals surface area contributed by atoms with E-state index in [1.165, 1.54) is 0 Å². The van der Waals surface area contributed by atoms with Crippen molar-refractivity contribution in [2.45, 2.75) is 20.8 Å². The Bertz CT molecular complexity index is 2830. The van der Waals surface area contributed by atoms with Gasteiger partial charge in [0.15, 0.2) is 23.3 Å². The zero-order valence-corrected chi connectivity index (χ0v) is 34.8. The van der Waals surface area contributed by atoms with Crippen molar-refractivity contribution in [2.75, 3.05) is 0 Å². The van der Waals surface area contributed by atoms with Crippen molar-refractivity contribution < 1.29 is 0 Å². The number of nitrogens with zero attached hydrogens (tertiary/aromatic N) is 5. The van der Waals surface area contributed by atoms with Gasteiger partial charge in [-0.2, -0.15) is 0 Å². The number of allylic oxidation sites excluding steroid dienone is 9. The molecule has 0 atom stereocenters. The number of benzene rings is 6. The highest BCUT2D eigenvalue weighted by Crippen LogP contribution is 2.36. The summed E-state index contributed by atoms with van der Waals surface area (Å²) in [6.45, 7) is 18.0. The summed E-state index contributed by atoms with van der Waals surface area (Å²) in [7, 11) is 0. The van der Waals surface area contributed by atoms with Crippen LogP contribution in [-0.2, 0) is 0 Å². The molecule has 5 nitrogen and oxygen atoms in total. The van der Waals surface area contributed by atoms with E-state index in [9.17, 15) is 0 Å². The molecule has 7 rings (SSSR count). The fourth-order valence-electron chi connectivity index (χ4n) is 7.00. The minimum Gasteiger partial charge on any atom is -0.233 e. The smallest absolute Gasteiger partial charge is 0.164 e. The predicted octanol–water partition coefficient (Wildman–Crippen LogP) is 14.5. The van der Waals surface area contributed by atoms with Crippen molar-refractivity contribution in [3.63, 3.8) is 0 Å². The summed E-state index contributed by atoms with van der Waals surface area (Å²) in [4.78, 5) is 24.7. The molecular weight excluding hydrogens is 743 g/mol. The van der Waals surface area contributed by atoms with E-state index in [2.05, 4.69) is 105 Å². The Labute approximate surface area is 359 Å². The van der Waals surface area contributed by atoms with Crippen molar-refractivity contribution >= 4 is 22.3 Å². The number of aromatic nitrogens is 3. The van der Waals surface area contributed by atoms with Gasteiger partial charge in [0.25, 0.3) is 0 Å². The number of aliphatic imine (C=N–C) groups is 2. The summed E-state index contributed by atoms with van der Waals surface area (Å²) in [5.74, 6) is 2.46. The van der Waals surface area contributed by atoms with Gasteiger partial charge in [0.1, 0.15) is 0 Å². The number of amidine groups is 1. The molecule has 0 bridgehead atoms. The molecule has 5 heteroatoms. The van der Waals surface area contributed by atoms with Crippen molar-refractivity contribution in [2.24, 2.45) is 9.98 Å². The molecule has 1 aromatic heterocycles. The van der Waals surface area contributed by atoms with Crippen LogP contribution in [0.2, 0.25) is 0 Å². The maximum atomic E-state index is 5.03. The lowest BCUT2D eigenvalue weighted by molar-refractivity contribution is 1.07. The van der Waals surface area contributed by atoms with Gasteiger partial charge in [-0.1, -0.05) is 214 Å². The second-order valence-electron chi connectivity index (χ2n) is 14.2. The van der Waals surface area contributed by atoms with Crippen molar-refractivity contribution in [3.05, 3.63) is 236 Å². The first-order valence-corrected chi connectivity index (χ1v) is 20.3. The highest BCUT2D eigenvalue weighted by Gasteiger charge is 2.14. The topological polar surface area (TPSA) is 63.4 Å². The first-order valence-electron chi connectivity index (χ1n) is 20.3. The third kappa shape index (κ3) is 9.71. The van der Waals surface area contributed by atoms with Gasteiger partial charge in [0.2, 0.25) is 0 Å². The van der Waals surface area contributed by atoms with Crippen LogP contribution < -0.4 is 0 Å². The van der Waals surface area contributed by atoms with Crippen LogP contribution in [0.15, 0.2) is 241 Å². The lowest BCUT2D eigenvalue weighted by Gasteiger charge is -2.13. The van der Waals surface area contributed by atoms with Gasteiger partial charge in [0, 0.05) is 28.0 Å². The molecule has 61 heavy (non-hydrogen) atoms. The molecule has 1 heterocycles. The fourth-order valence-corrected chi connectivity index (χ4v) is 7.00. The van der Waals surface area contributed by atoms with Gasteiger partial charge in [0.05, 0.1) is 5.70 Å². The van der Waals surface area contributed by atoms with E-state index < -0.39 is 0 Å². The Kier molecular flexibility index (Phi) is 13.3. The van der Waals surface area contributed by atoms with Crippen molar-refractivity contribution in [3.8, 4) is 56.4 Å². The largest absolute Gasteiger partial charge is 0.233 e. The van der Waals surface area contributed by atoms with Crippen LogP contribution in [-0.4, -0.2) is 26.5 Å². The van der Waals surface area contributed by atoms with E-state index in [1.54, 1.807) is 12.2 Å². The van der Waals surface area contributed by atoms with Crippen LogP contribution in [0.3, 0.4) is 0 Å². The normalized spacial score (nSPS) is 12.6. The zero-order valence-electron chi connectivity index (χ0n) is 34.8. The second kappa shape index (κ2) is 19.7. The van der Waals surface area contributed by atoms with Gasteiger partial charge in [-0.05, 0) is 64.9 Å². The van der Waals surface area contributed by atoms with Gasteiger partial charge >= 0.3 is 0 Å². The second-order valence-corrected chi connectivity index (χ2v) is 14.2. The van der Waals surface area contributed by atoms with Gasteiger partial charge in [-0.25, -0.2) is 24.9 Å². The van der Waals surface area contributed by atoms with Gasteiger partial charge in [-0.15, -0.1) is 0 Å². The summed E-state index contributed by atoms with van der Waals surface area (Å²) >= 11 is 0. The third-order valence-electron chi connectivity index (χ3n) is 10.2. The van der Waals surface area contributed by atoms with E-state index in [0.29, 0.717) is 29.0 Å². The predicted molar refractivity (Wildman–Crippen MR) is 259 cm³/mol. The molecule has 0 radical (unpaired) electrons. The van der Waals surface area contributed by atoms with E-state index >= 15 is 0 Å². The Balaban J connectivity index is 1.23. The van der Waals surface area contributed by atoms with Crippen LogP contribution in [0.1, 0.15) is 26.3 Å². The zero-order chi connectivity index (χ0) is 42.6. The average Bonchev–Trinajstić information content (AvgIpc) is 3.32. The summed E-state index contributed by atoms with van der Waals surface area (Å²) in [6.07, 6.45) is 15.3. The SMILES string of the molecule is C=C/C=C\C(=C/C)C(C)=NC(=NC(=C)/C(C=C)=C/C=C\C)c1ccc(-c2cccc3c(-c4ccc(-c5nc(-c6ccccc6)nc(-c6ccccc6)n5)cc4)cccc23)cc1. The molecule has 0 spiro atoms. The Morgan fingerprint density at radius 2 is 1.02 bits per heavy atom. The molecule has 296 valence electrons. The maximum absolute atomic E-state index is 5.03. The molecule has 0 fully saturated rings. The van der Waals surface area contributed by atoms with Crippen molar-refractivity contribution in [1.29, 1.82) is 0 Å². The molecule has 7 aromatic rings. The standard InChI is InChI=1S/C56H47N5/c1-7-11-21-41(9-3)39(5)57-53(58-40(6)42(10-4)22-12-8-2)47-35-31-43(32-36-47)49-27-19-30-52-50(28-20-29-51(49)52)44-33-37-48(38-34-44)56-60-54(45-23-15-13-16-24-45)59-55(61-56)46-25-17-14-18-26-46/h7-38H,1,4,6H2,2-3,5H3/b12-8-,21-11-,41-9+,42-22+,57-39?,58-53?. The molecule has 0 aliphatic heterocycles. The number of fused-ring (bicyclic) bond motifs is 1. The molecule has 0 N–H and O–H groups in total. The number of rotatable bonds is 13. The molecule has 0 amide bonds. The van der Waals surface area contributed by atoms with E-state index in [4.69, 9.17) is 24.9 Å². The molecular formula is C56H47N5. The first kappa shape index (κ1) is 41.3. The van der Waals surface area contributed by atoms with Crippen LogP contribution in [0.4, 0.5) is 0 Å². The highest BCUT2D eigenvalue weighted by atomic mass is 15.0. The maximum Gasteiger partial charge on any atom is 0.164 e. The number of hydrogen-bond donors (Lipinski definition) is 0. The molecule has 0 aliphatic carbocycles. The Morgan fingerprint density at radius 3 is 1.49 bits per heavy atom. The van der Waals surface area contributed by atoms with Crippen LogP contribution in [0, 0.1) is 0 Å². The Morgan fingerprint density at radius 1 is 0.525 bits per heavy atom. The van der Waals surface area contributed by atoms with E-state index in [-0.39, 0.29) is 0 Å². The average molecular weight is 790 g/mol. The number of hydrogen-bond acceptors (Lipinski definition) is 4. The van der Waals surface area contributed by atoms with Crippen LogP contribution in [0.5, 0.6) is 0 Å². The van der Waals surface area contributed by atoms with Crippen LogP contribution in [0.25, 0.3) is 67.2 Å². The summed E-state index contributed by atoms with van der Waals surface area (Å²) < 4.78 is 0. The van der Waals surface area contributed by atoms with Crippen LogP contribution >= 0.6 is 0 Å². The molecule has 0 unspecified atom stereocenters. The molecule has 0 saturated carbocycles. The van der Waals surface area contributed by atoms with E-state index in [1.807, 2.05) is 118 Å². The molecule has 6 aromatic carbocycles. The molecule has 0 aliphatic rings. The minimum atomic E-state index is 0.557. The minimum absolute atomic E-state index is 0.557. The van der Waals surface area contributed by atoms with Gasteiger partial charge < -0.3 is 0 Å². The lowest BCUT2D eigenvalue weighted by atomic mass is 9.92. The van der Waals surface area contributed by atoms with E-state index in [0.717, 1.165) is 72.1 Å². The van der Waals surface area contributed by atoms with Gasteiger partial charge in [-0.3, -0.25) is 0 Å². The van der Waals surface area contributed by atoms with Crippen molar-refractivity contribution in [1.82, 2.24) is 15.0 Å². The monoisotopic (exact) mass is 789 g/mol. The summed E-state index contributed by atoms with van der Waals surface area (Å²) in [6, 6.07) is 49.9. The highest BCUT2D eigenvalue weighted by molar-refractivity contribution is 6.13. The quantitative estimate of drug-likeness (QED) is 0.0664. The summed E-state index contributed by atoms with van der Waals surface area (Å²) in [5.41, 5.74) is 11.3. The Hall–Kier alpha value is -7.89. The molecule has 0 saturated heterocycles. The fraction of sp³-hybridized carbons (Fsp3) is 0.0536. The third-order valence-corrected chi connectivity index (χ3v) is 10.2. The summed E-state index contributed by atoms with van der Waals surface area (Å²) in [5, 5.41) is 2.31. The lowest BCUT2D eigenvalue weighted by Crippen LogP contribution is -2.05.